The number of para-hydroxylation sites is 1. The molecule has 0 saturated carbocycles. The van der Waals surface area contributed by atoms with E-state index in [1.165, 1.54) is 4.90 Å². The third-order valence-corrected chi connectivity index (χ3v) is 2.14. The van der Waals surface area contributed by atoms with Gasteiger partial charge in [-0.15, -0.1) is 0 Å². The molecule has 100 valence electrons. The van der Waals surface area contributed by atoms with Crippen molar-refractivity contribution >= 4 is 6.09 Å². The molecule has 1 amide bonds. The second-order valence-electron chi connectivity index (χ2n) is 5.06. The van der Waals surface area contributed by atoms with Gasteiger partial charge in [-0.25, -0.2) is 4.79 Å². The Balaban J connectivity index is 2.29. The van der Waals surface area contributed by atoms with Crippen LogP contribution in [-0.2, 0) is 4.74 Å². The van der Waals surface area contributed by atoms with E-state index >= 15 is 0 Å². The van der Waals surface area contributed by atoms with Crippen molar-refractivity contribution in [1.82, 2.24) is 4.90 Å². The quantitative estimate of drug-likeness (QED) is 0.826. The average molecular weight is 251 g/mol. The van der Waals surface area contributed by atoms with Gasteiger partial charge in [-0.2, -0.15) is 0 Å². The summed E-state index contributed by atoms with van der Waals surface area (Å²) in [6.45, 7) is 6.47. The first-order valence-electron chi connectivity index (χ1n) is 6.00. The molecular formula is C14H21NO3. The highest BCUT2D eigenvalue weighted by molar-refractivity contribution is 5.67. The van der Waals surface area contributed by atoms with Crippen molar-refractivity contribution in [2.24, 2.45) is 0 Å². The van der Waals surface area contributed by atoms with E-state index in [-0.39, 0.29) is 6.09 Å². The predicted octanol–water partition coefficient (Wildman–Crippen LogP) is 2.93. The zero-order chi connectivity index (χ0) is 13.6. The monoisotopic (exact) mass is 251 g/mol. The summed E-state index contributed by atoms with van der Waals surface area (Å²) in [5.41, 5.74) is -0.467. The number of nitrogens with zero attached hydrogens (tertiary/aromatic N) is 1. The fraction of sp³-hybridized carbons (Fsp3) is 0.500. The maximum absolute atomic E-state index is 11.6. The Bertz CT molecular complexity index is 370. The van der Waals surface area contributed by atoms with Crippen LogP contribution < -0.4 is 4.74 Å². The minimum Gasteiger partial charge on any atom is -0.492 e. The SMILES string of the molecule is CN(CCOc1ccccc1)C(=O)OC(C)(C)C. The molecule has 1 aromatic rings. The van der Waals surface area contributed by atoms with E-state index in [4.69, 9.17) is 9.47 Å². The molecule has 0 unspecified atom stereocenters. The van der Waals surface area contributed by atoms with Crippen LogP contribution in [0.1, 0.15) is 20.8 Å². The van der Waals surface area contributed by atoms with Crippen molar-refractivity contribution in [2.45, 2.75) is 26.4 Å². The van der Waals surface area contributed by atoms with Gasteiger partial charge in [0.15, 0.2) is 0 Å². The molecule has 4 heteroatoms. The zero-order valence-electron chi connectivity index (χ0n) is 11.5. The topological polar surface area (TPSA) is 38.8 Å². The lowest BCUT2D eigenvalue weighted by Crippen LogP contribution is -2.36. The molecular weight excluding hydrogens is 230 g/mol. The normalized spacial score (nSPS) is 10.9. The van der Waals surface area contributed by atoms with Gasteiger partial charge in [-0.3, -0.25) is 0 Å². The molecule has 0 aromatic heterocycles. The number of hydrogen-bond acceptors (Lipinski definition) is 3. The molecule has 0 atom stereocenters. The second kappa shape index (κ2) is 6.28. The van der Waals surface area contributed by atoms with E-state index in [1.54, 1.807) is 7.05 Å². The van der Waals surface area contributed by atoms with Crippen molar-refractivity contribution in [3.8, 4) is 5.75 Å². The van der Waals surface area contributed by atoms with Gasteiger partial charge in [0.1, 0.15) is 18.0 Å². The van der Waals surface area contributed by atoms with E-state index in [1.807, 2.05) is 51.1 Å². The van der Waals surface area contributed by atoms with Crippen molar-refractivity contribution in [3.63, 3.8) is 0 Å². The van der Waals surface area contributed by atoms with Gasteiger partial charge in [0.05, 0.1) is 6.54 Å². The van der Waals surface area contributed by atoms with Crippen LogP contribution in [0.25, 0.3) is 0 Å². The molecule has 0 heterocycles. The van der Waals surface area contributed by atoms with Gasteiger partial charge >= 0.3 is 6.09 Å². The van der Waals surface area contributed by atoms with E-state index in [2.05, 4.69) is 0 Å². The Kier molecular flexibility index (Phi) is 5.01. The molecule has 0 bridgehead atoms. The van der Waals surface area contributed by atoms with Crippen LogP contribution in [0.4, 0.5) is 4.79 Å². The molecule has 0 saturated heterocycles. The summed E-state index contributed by atoms with van der Waals surface area (Å²) < 4.78 is 10.7. The number of ether oxygens (including phenoxy) is 2. The molecule has 0 aliphatic rings. The molecule has 4 nitrogen and oxygen atoms in total. The highest BCUT2D eigenvalue weighted by Crippen LogP contribution is 2.10. The van der Waals surface area contributed by atoms with Gasteiger partial charge in [-0.1, -0.05) is 18.2 Å². The highest BCUT2D eigenvalue weighted by Gasteiger charge is 2.19. The van der Waals surface area contributed by atoms with E-state index in [0.29, 0.717) is 13.2 Å². The summed E-state index contributed by atoms with van der Waals surface area (Å²) >= 11 is 0. The van der Waals surface area contributed by atoms with Crippen molar-refractivity contribution in [2.75, 3.05) is 20.2 Å². The largest absolute Gasteiger partial charge is 0.492 e. The minimum atomic E-state index is -0.467. The molecule has 0 fully saturated rings. The minimum absolute atomic E-state index is 0.334. The molecule has 0 aliphatic heterocycles. The van der Waals surface area contributed by atoms with E-state index in [0.717, 1.165) is 5.75 Å². The summed E-state index contributed by atoms with van der Waals surface area (Å²) in [5, 5.41) is 0. The first-order chi connectivity index (χ1) is 8.38. The van der Waals surface area contributed by atoms with E-state index < -0.39 is 5.60 Å². The second-order valence-corrected chi connectivity index (χ2v) is 5.06. The van der Waals surface area contributed by atoms with Crippen LogP contribution in [0.3, 0.4) is 0 Å². The Hall–Kier alpha value is -1.71. The van der Waals surface area contributed by atoms with E-state index in [9.17, 15) is 4.79 Å². The van der Waals surface area contributed by atoms with Crippen molar-refractivity contribution < 1.29 is 14.3 Å². The summed E-state index contributed by atoms with van der Waals surface area (Å²) in [6.07, 6.45) is -0.334. The predicted molar refractivity (Wildman–Crippen MR) is 70.8 cm³/mol. The number of benzene rings is 1. The van der Waals surface area contributed by atoms with Gasteiger partial charge in [0, 0.05) is 7.05 Å². The smallest absolute Gasteiger partial charge is 0.410 e. The summed E-state index contributed by atoms with van der Waals surface area (Å²) in [4.78, 5) is 13.2. The van der Waals surface area contributed by atoms with Crippen LogP contribution in [-0.4, -0.2) is 36.8 Å². The van der Waals surface area contributed by atoms with Gasteiger partial charge in [0.25, 0.3) is 0 Å². The molecule has 0 aliphatic carbocycles. The third-order valence-electron chi connectivity index (χ3n) is 2.14. The fourth-order valence-electron chi connectivity index (χ4n) is 1.25. The zero-order valence-corrected chi connectivity index (χ0v) is 11.5. The lowest BCUT2D eigenvalue weighted by Gasteiger charge is -2.24. The number of likely N-dealkylation sites (N-methyl/N-ethyl adjacent to an activating group) is 1. The fourth-order valence-corrected chi connectivity index (χ4v) is 1.25. The Morgan fingerprint density at radius 1 is 1.22 bits per heavy atom. The summed E-state index contributed by atoms with van der Waals surface area (Å²) in [6, 6.07) is 9.51. The standard InChI is InChI=1S/C14H21NO3/c1-14(2,3)18-13(16)15(4)10-11-17-12-8-6-5-7-9-12/h5-9H,10-11H2,1-4H3. The number of carbonyl (C=O) groups excluding carboxylic acids is 1. The molecule has 0 radical (unpaired) electrons. The molecule has 18 heavy (non-hydrogen) atoms. The summed E-state index contributed by atoms with van der Waals surface area (Å²) in [5.74, 6) is 0.801. The van der Waals surface area contributed by atoms with Crippen molar-refractivity contribution in [3.05, 3.63) is 30.3 Å². The number of amides is 1. The van der Waals surface area contributed by atoms with Crippen LogP contribution in [0, 0.1) is 0 Å². The molecule has 1 aromatic carbocycles. The van der Waals surface area contributed by atoms with Crippen LogP contribution in [0.5, 0.6) is 5.75 Å². The first-order valence-corrected chi connectivity index (χ1v) is 6.00. The Labute approximate surface area is 108 Å². The van der Waals surface area contributed by atoms with Crippen LogP contribution in [0.15, 0.2) is 30.3 Å². The highest BCUT2D eigenvalue weighted by atomic mass is 16.6. The molecule has 0 N–H and O–H groups in total. The van der Waals surface area contributed by atoms with Gasteiger partial charge < -0.3 is 14.4 Å². The lowest BCUT2D eigenvalue weighted by molar-refractivity contribution is 0.0278. The Morgan fingerprint density at radius 3 is 2.39 bits per heavy atom. The maximum atomic E-state index is 11.6. The summed E-state index contributed by atoms with van der Waals surface area (Å²) in [7, 11) is 1.70. The average Bonchev–Trinajstić information content (AvgIpc) is 2.28. The third kappa shape index (κ3) is 5.57. The van der Waals surface area contributed by atoms with Crippen molar-refractivity contribution in [1.29, 1.82) is 0 Å². The number of rotatable bonds is 4. The lowest BCUT2D eigenvalue weighted by atomic mass is 10.2. The maximum Gasteiger partial charge on any atom is 0.410 e. The van der Waals surface area contributed by atoms with Gasteiger partial charge in [0.2, 0.25) is 0 Å². The van der Waals surface area contributed by atoms with Gasteiger partial charge in [-0.05, 0) is 32.9 Å². The Morgan fingerprint density at radius 2 is 1.83 bits per heavy atom. The number of hydrogen-bond donors (Lipinski definition) is 0. The first kappa shape index (κ1) is 14.4. The number of carbonyl (C=O) groups is 1. The molecule has 1 rings (SSSR count). The van der Waals surface area contributed by atoms with Crippen LogP contribution >= 0.6 is 0 Å². The van der Waals surface area contributed by atoms with Crippen LogP contribution in [0.2, 0.25) is 0 Å². The molecule has 0 spiro atoms.